The Balaban J connectivity index is 1.23. The molecule has 1 unspecified atom stereocenters. The van der Waals surface area contributed by atoms with Crippen molar-refractivity contribution in [1.29, 1.82) is 0 Å². The van der Waals surface area contributed by atoms with E-state index in [4.69, 9.17) is 4.74 Å². The van der Waals surface area contributed by atoms with Crippen LogP contribution in [0.3, 0.4) is 0 Å². The minimum atomic E-state index is -0.376. The molecule has 6 nitrogen and oxygen atoms in total. The zero-order chi connectivity index (χ0) is 18.6. The third-order valence-electron chi connectivity index (χ3n) is 5.91. The van der Waals surface area contributed by atoms with Crippen molar-refractivity contribution in [3.05, 3.63) is 24.3 Å². The Bertz CT molecular complexity index is 647. The van der Waals surface area contributed by atoms with Crippen LogP contribution < -0.4 is 5.32 Å². The number of carbonyl (C=O) groups excluding carboxylic acids is 1. The summed E-state index contributed by atoms with van der Waals surface area (Å²) < 4.78 is 19.3. The summed E-state index contributed by atoms with van der Waals surface area (Å²) in [7, 11) is 0. The van der Waals surface area contributed by atoms with E-state index in [-0.39, 0.29) is 24.4 Å². The largest absolute Gasteiger partial charge is 0.380 e. The minimum Gasteiger partial charge on any atom is -0.380 e. The van der Waals surface area contributed by atoms with Gasteiger partial charge in [-0.1, -0.05) is 0 Å². The van der Waals surface area contributed by atoms with Crippen molar-refractivity contribution in [2.45, 2.75) is 31.8 Å². The predicted molar refractivity (Wildman–Crippen MR) is 101 cm³/mol. The molecule has 3 fully saturated rings. The van der Waals surface area contributed by atoms with Crippen molar-refractivity contribution in [2.24, 2.45) is 11.8 Å². The number of ether oxygens (including phenoxy) is 1. The van der Waals surface area contributed by atoms with Crippen LogP contribution in [0.1, 0.15) is 25.7 Å². The van der Waals surface area contributed by atoms with E-state index in [1.807, 2.05) is 4.90 Å². The lowest BCUT2D eigenvalue weighted by Gasteiger charge is -2.38. The van der Waals surface area contributed by atoms with E-state index < -0.39 is 0 Å². The topological polar surface area (TPSA) is 57.7 Å². The molecule has 1 N–H and O–H groups in total. The lowest BCUT2D eigenvalue weighted by Crippen LogP contribution is -2.51. The van der Waals surface area contributed by atoms with Crippen molar-refractivity contribution < 1.29 is 13.9 Å². The number of rotatable bonds is 7. The smallest absolute Gasteiger partial charge is 0.248 e. The maximum atomic E-state index is 13.7. The molecule has 0 aromatic carbocycles. The van der Waals surface area contributed by atoms with Gasteiger partial charge in [-0.05, 0) is 56.7 Å². The average Bonchev–Trinajstić information content (AvgIpc) is 3.49. The second-order valence-electron chi connectivity index (χ2n) is 8.16. The number of amides is 1. The van der Waals surface area contributed by atoms with Gasteiger partial charge >= 0.3 is 0 Å². The van der Waals surface area contributed by atoms with Crippen LogP contribution in [0.25, 0.3) is 0 Å². The fraction of sp³-hybridized carbons (Fsp3) is 0.700. The Hall–Kier alpha value is -1.73. The molecular formula is C20H29FN4O2. The number of pyridine rings is 1. The van der Waals surface area contributed by atoms with Gasteiger partial charge in [0.2, 0.25) is 5.91 Å². The van der Waals surface area contributed by atoms with Gasteiger partial charge in [-0.2, -0.15) is 0 Å². The number of carbonyl (C=O) groups is 1. The maximum absolute atomic E-state index is 13.7. The highest BCUT2D eigenvalue weighted by Gasteiger charge is 2.31. The highest BCUT2D eigenvalue weighted by molar-refractivity contribution is 5.78. The van der Waals surface area contributed by atoms with Gasteiger partial charge in [-0.15, -0.1) is 0 Å². The Labute approximate surface area is 160 Å². The standard InChI is InChI=1S/C20H29FN4O2/c21-18-10-22-6-3-19(18)23-9-17-13-25(20(26)14-27-17)12-16-4-7-24(8-5-16)11-15-1-2-15/h3,6,10,15-17H,1-2,4-5,7-9,11-14H2,(H,22,23). The molecule has 3 aliphatic rings. The zero-order valence-corrected chi connectivity index (χ0v) is 15.8. The molecule has 1 aromatic rings. The van der Waals surface area contributed by atoms with Crippen LogP contribution in [0.15, 0.2) is 18.5 Å². The number of likely N-dealkylation sites (tertiary alicyclic amines) is 1. The summed E-state index contributed by atoms with van der Waals surface area (Å²) in [4.78, 5) is 20.5. The van der Waals surface area contributed by atoms with Crippen molar-refractivity contribution in [3.63, 3.8) is 0 Å². The lowest BCUT2D eigenvalue weighted by molar-refractivity contribution is -0.149. The number of nitrogens with one attached hydrogen (secondary N) is 1. The molecule has 148 valence electrons. The van der Waals surface area contributed by atoms with Crippen molar-refractivity contribution >= 4 is 11.6 Å². The summed E-state index contributed by atoms with van der Waals surface area (Å²) >= 11 is 0. The van der Waals surface area contributed by atoms with Gasteiger partial charge < -0.3 is 19.9 Å². The van der Waals surface area contributed by atoms with Gasteiger partial charge in [-0.3, -0.25) is 9.78 Å². The number of aromatic nitrogens is 1. The van der Waals surface area contributed by atoms with Gasteiger partial charge in [0.1, 0.15) is 6.61 Å². The van der Waals surface area contributed by atoms with E-state index in [9.17, 15) is 9.18 Å². The number of nitrogens with zero attached hydrogens (tertiary/aromatic N) is 3. The fourth-order valence-corrected chi connectivity index (χ4v) is 4.05. The zero-order valence-electron chi connectivity index (χ0n) is 15.8. The third kappa shape index (κ3) is 5.17. The number of morpholine rings is 1. The van der Waals surface area contributed by atoms with E-state index >= 15 is 0 Å². The lowest BCUT2D eigenvalue weighted by atomic mass is 9.95. The molecule has 2 saturated heterocycles. The van der Waals surface area contributed by atoms with Crippen LogP contribution in [-0.2, 0) is 9.53 Å². The van der Waals surface area contributed by atoms with Gasteiger partial charge in [0, 0.05) is 32.4 Å². The summed E-state index contributed by atoms with van der Waals surface area (Å²) in [6.45, 7) is 5.57. The quantitative estimate of drug-likeness (QED) is 0.789. The van der Waals surface area contributed by atoms with E-state index in [2.05, 4.69) is 15.2 Å². The van der Waals surface area contributed by atoms with Crippen molar-refractivity contribution in [3.8, 4) is 0 Å². The Morgan fingerprint density at radius 2 is 1.96 bits per heavy atom. The first-order chi connectivity index (χ1) is 13.2. The van der Waals surface area contributed by atoms with Gasteiger partial charge in [0.05, 0.1) is 18.0 Å². The Morgan fingerprint density at radius 3 is 2.70 bits per heavy atom. The number of piperidine rings is 1. The number of hydrogen-bond donors (Lipinski definition) is 1. The summed E-state index contributed by atoms with van der Waals surface area (Å²) in [5, 5.41) is 3.07. The molecule has 3 heterocycles. The molecule has 7 heteroatoms. The van der Waals surface area contributed by atoms with Gasteiger partial charge in [0.15, 0.2) is 5.82 Å². The van der Waals surface area contributed by atoms with Crippen LogP contribution in [0.2, 0.25) is 0 Å². The molecule has 4 rings (SSSR count). The molecule has 1 aliphatic carbocycles. The third-order valence-corrected chi connectivity index (χ3v) is 5.91. The number of anilines is 1. The van der Waals surface area contributed by atoms with Gasteiger partial charge in [-0.25, -0.2) is 4.39 Å². The molecule has 0 spiro atoms. The summed E-state index contributed by atoms with van der Waals surface area (Å²) in [5.41, 5.74) is 0.417. The van der Waals surface area contributed by atoms with E-state index in [1.165, 1.54) is 38.4 Å². The molecule has 1 atom stereocenters. The first-order valence-electron chi connectivity index (χ1n) is 10.1. The summed E-state index contributed by atoms with van der Waals surface area (Å²) in [5.74, 6) is 1.22. The van der Waals surface area contributed by atoms with E-state index in [0.29, 0.717) is 24.7 Å². The normalized spacial score (nSPS) is 25.0. The molecule has 0 radical (unpaired) electrons. The maximum Gasteiger partial charge on any atom is 0.248 e. The van der Waals surface area contributed by atoms with E-state index in [1.54, 1.807) is 12.3 Å². The van der Waals surface area contributed by atoms with E-state index in [0.717, 1.165) is 25.6 Å². The highest BCUT2D eigenvalue weighted by atomic mass is 19.1. The second kappa shape index (κ2) is 8.52. The van der Waals surface area contributed by atoms with Crippen LogP contribution >= 0.6 is 0 Å². The Kier molecular flexibility index (Phi) is 5.88. The SMILES string of the molecule is O=C1COC(CNc2ccncc2F)CN1CC1CCN(CC2CC2)CC1. The number of hydrogen-bond acceptors (Lipinski definition) is 5. The first kappa shape index (κ1) is 18.6. The molecular weight excluding hydrogens is 347 g/mol. The second-order valence-corrected chi connectivity index (χ2v) is 8.16. The molecule has 1 saturated carbocycles. The molecule has 1 amide bonds. The average molecular weight is 376 g/mol. The van der Waals surface area contributed by atoms with Crippen LogP contribution in [-0.4, -0.2) is 72.7 Å². The molecule has 2 aliphatic heterocycles. The molecule has 0 bridgehead atoms. The van der Waals surface area contributed by atoms with Crippen LogP contribution in [0.4, 0.5) is 10.1 Å². The molecule has 27 heavy (non-hydrogen) atoms. The van der Waals surface area contributed by atoms with Gasteiger partial charge in [0.25, 0.3) is 0 Å². The van der Waals surface area contributed by atoms with Crippen molar-refractivity contribution in [2.75, 3.05) is 51.2 Å². The fourth-order valence-electron chi connectivity index (χ4n) is 4.05. The summed E-state index contributed by atoms with van der Waals surface area (Å²) in [6.07, 6.45) is 7.77. The van der Waals surface area contributed by atoms with Crippen molar-refractivity contribution in [1.82, 2.24) is 14.8 Å². The predicted octanol–water partition coefficient (Wildman–Crippen LogP) is 1.98. The molecule has 1 aromatic heterocycles. The number of halogens is 1. The van der Waals surface area contributed by atoms with Crippen LogP contribution in [0.5, 0.6) is 0 Å². The van der Waals surface area contributed by atoms with Crippen LogP contribution in [0, 0.1) is 17.7 Å². The summed E-state index contributed by atoms with van der Waals surface area (Å²) in [6, 6.07) is 1.61. The first-order valence-corrected chi connectivity index (χ1v) is 10.1. The minimum absolute atomic E-state index is 0.0711. The highest BCUT2D eigenvalue weighted by Crippen LogP contribution is 2.31. The Morgan fingerprint density at radius 1 is 1.19 bits per heavy atom. The monoisotopic (exact) mass is 376 g/mol.